The van der Waals surface area contributed by atoms with E-state index in [-0.39, 0.29) is 59.1 Å². The quantitative estimate of drug-likeness (QED) is 0.0292. The van der Waals surface area contributed by atoms with Crippen LogP contribution in [0.1, 0.15) is 206 Å². The van der Waals surface area contributed by atoms with Gasteiger partial charge in [0.2, 0.25) is 11.8 Å². The topological polar surface area (TPSA) is 247 Å². The van der Waals surface area contributed by atoms with E-state index in [1.54, 1.807) is 0 Å². The van der Waals surface area contributed by atoms with Crippen molar-refractivity contribution in [2.75, 3.05) is 13.1 Å². The van der Waals surface area contributed by atoms with Gasteiger partial charge in [-0.25, -0.2) is 0 Å². The third-order valence-electron chi connectivity index (χ3n) is 10.0. The Morgan fingerprint density at radius 2 is 0.661 bits per heavy atom. The Balaban J connectivity index is -0.000000526. The molecule has 0 spiro atoms. The van der Waals surface area contributed by atoms with Crippen LogP contribution in [0.2, 0.25) is 0 Å². The van der Waals surface area contributed by atoms with E-state index in [0.717, 1.165) is 64.2 Å². The Hall–Kier alpha value is -0.820. The zero-order valence-electron chi connectivity index (χ0n) is 38.9. The molecule has 0 aromatic carbocycles. The first-order chi connectivity index (χ1) is 28.6. The van der Waals surface area contributed by atoms with E-state index in [4.69, 9.17) is 9.11 Å². The summed E-state index contributed by atoms with van der Waals surface area (Å²) in [7, 11) is -9.70. The summed E-state index contributed by atoms with van der Waals surface area (Å²) in [6, 6.07) is 0. The fourth-order valence-electron chi connectivity index (χ4n) is 6.30. The van der Waals surface area contributed by atoms with Crippen LogP contribution in [-0.4, -0.2) is 73.3 Å². The third-order valence-corrected chi connectivity index (χ3v) is 12.2. The molecule has 0 heterocycles. The number of carbonyl (C=O) groups excluding carboxylic acids is 4. The van der Waals surface area contributed by atoms with Gasteiger partial charge in [0.05, 0.1) is 24.8 Å². The van der Waals surface area contributed by atoms with Gasteiger partial charge >= 0.3 is 59.1 Å². The SMILES string of the molecule is CCCCCCCCC=CCCCCCCCCNC(=O)CC(C(=O)[O-])S(=O)(=O)O.CCCCCCCCC=CCCCCCCCCNC(=O)CC(C(=O)[O-])S(=O)(=O)O.[Na+].[Na+]. The largest absolute Gasteiger partial charge is 1.00 e. The zero-order valence-corrected chi connectivity index (χ0v) is 44.5. The van der Waals surface area contributed by atoms with Crippen LogP contribution in [0, 0.1) is 0 Å². The normalized spacial score (nSPS) is 12.5. The number of unbranched alkanes of at least 4 members (excludes halogenated alkanes) is 24. The van der Waals surface area contributed by atoms with Gasteiger partial charge < -0.3 is 30.4 Å². The fraction of sp³-hybridized carbons (Fsp3) is 0.818. The summed E-state index contributed by atoms with van der Waals surface area (Å²) in [6.07, 6.45) is 40.6. The molecule has 14 nitrogen and oxygen atoms in total. The molecule has 2 amide bonds. The number of carboxylic acids is 2. The third kappa shape index (κ3) is 47.2. The molecule has 0 aromatic heterocycles. The number of nitrogens with one attached hydrogen (secondary N) is 2. The molecule has 4 N–H and O–H groups in total. The van der Waals surface area contributed by atoms with E-state index in [0.29, 0.717) is 13.1 Å². The molecule has 0 saturated carbocycles. The van der Waals surface area contributed by atoms with Gasteiger partial charge in [-0.3, -0.25) is 18.7 Å². The van der Waals surface area contributed by atoms with Crippen molar-refractivity contribution in [1.82, 2.24) is 10.6 Å². The van der Waals surface area contributed by atoms with Crippen molar-refractivity contribution < 1.29 is 114 Å². The summed E-state index contributed by atoms with van der Waals surface area (Å²) in [4.78, 5) is 44.5. The first-order valence-corrected chi connectivity index (χ1v) is 25.8. The number of hydrogen-bond donors (Lipinski definition) is 4. The molecular formula is C44H80N2Na2O12S2. The van der Waals surface area contributed by atoms with Gasteiger partial charge in [0.1, 0.15) is 10.5 Å². The summed E-state index contributed by atoms with van der Waals surface area (Å²) >= 11 is 0. The van der Waals surface area contributed by atoms with Crippen LogP contribution in [-0.2, 0) is 39.4 Å². The second-order valence-electron chi connectivity index (χ2n) is 15.6. The van der Waals surface area contributed by atoms with Crippen molar-refractivity contribution in [3.8, 4) is 0 Å². The fourth-order valence-corrected chi connectivity index (χ4v) is 7.51. The van der Waals surface area contributed by atoms with Crippen molar-refractivity contribution in [3.05, 3.63) is 24.3 Å². The molecule has 0 aromatic rings. The molecule has 0 aliphatic carbocycles. The molecule has 18 heteroatoms. The number of rotatable bonds is 40. The maximum Gasteiger partial charge on any atom is 1.00 e. The second-order valence-corrected chi connectivity index (χ2v) is 18.8. The van der Waals surface area contributed by atoms with Gasteiger partial charge in [0, 0.05) is 13.1 Å². The predicted octanol–water partition coefficient (Wildman–Crippen LogP) is 1.08. The standard InChI is InChI=1S/2C22H41NO6S.2Na/c2*1-2-3-4-5-6-7-8-9-10-11-12-13-14-15-16-17-18-23-21(24)19-20(22(25)26)30(27,28)29;;/h2*9-10,20H,2-8,11-19H2,1H3,(H,23,24)(H,25,26)(H,27,28,29);;/q;;2*+1/p-2. The molecule has 0 rings (SSSR count). The Morgan fingerprint density at radius 1 is 0.435 bits per heavy atom. The van der Waals surface area contributed by atoms with E-state index in [1.165, 1.54) is 116 Å². The summed E-state index contributed by atoms with van der Waals surface area (Å²) in [5.41, 5.74) is 0. The molecule has 0 bridgehead atoms. The number of hydrogen-bond acceptors (Lipinski definition) is 10. The first-order valence-electron chi connectivity index (χ1n) is 22.7. The first kappa shape index (κ1) is 67.8. The van der Waals surface area contributed by atoms with Crippen molar-refractivity contribution in [1.29, 1.82) is 0 Å². The van der Waals surface area contributed by atoms with Crippen LogP contribution in [0.5, 0.6) is 0 Å². The van der Waals surface area contributed by atoms with Crippen LogP contribution < -0.4 is 80.0 Å². The van der Waals surface area contributed by atoms with Gasteiger partial charge in [0.15, 0.2) is 0 Å². The minimum atomic E-state index is -4.85. The van der Waals surface area contributed by atoms with Crippen molar-refractivity contribution in [2.45, 2.75) is 217 Å². The molecule has 2 unspecified atom stereocenters. The van der Waals surface area contributed by atoms with Gasteiger partial charge in [-0.05, 0) is 64.2 Å². The molecule has 2 atom stereocenters. The van der Waals surface area contributed by atoms with Crippen LogP contribution >= 0.6 is 0 Å². The summed E-state index contributed by atoms with van der Waals surface area (Å²) in [5.74, 6) is -5.42. The monoisotopic (exact) mass is 938 g/mol. The maximum atomic E-state index is 11.6. The van der Waals surface area contributed by atoms with Gasteiger partial charge in [0.25, 0.3) is 20.2 Å². The van der Waals surface area contributed by atoms with Crippen LogP contribution in [0.3, 0.4) is 0 Å². The maximum absolute atomic E-state index is 11.6. The van der Waals surface area contributed by atoms with E-state index in [1.807, 2.05) is 0 Å². The van der Waals surface area contributed by atoms with Gasteiger partial charge in [-0.15, -0.1) is 0 Å². The van der Waals surface area contributed by atoms with Gasteiger partial charge in [-0.2, -0.15) is 16.8 Å². The van der Waals surface area contributed by atoms with Crippen molar-refractivity contribution in [3.63, 3.8) is 0 Å². The molecule has 0 aliphatic heterocycles. The van der Waals surface area contributed by atoms with E-state index >= 15 is 0 Å². The summed E-state index contributed by atoms with van der Waals surface area (Å²) in [5, 5.41) is 21.9. The molecule has 0 radical (unpaired) electrons. The molecule has 62 heavy (non-hydrogen) atoms. The molecular weight excluding hydrogens is 859 g/mol. The molecule has 0 aliphatic rings. The van der Waals surface area contributed by atoms with Crippen LogP contribution in [0.25, 0.3) is 0 Å². The van der Waals surface area contributed by atoms with E-state index < -0.39 is 67.3 Å². The Labute approximate surface area is 419 Å². The smallest absolute Gasteiger partial charge is 0.549 e. The van der Waals surface area contributed by atoms with Crippen molar-refractivity contribution >= 4 is 44.0 Å². The molecule has 0 fully saturated rings. The molecule has 0 saturated heterocycles. The Kier molecular flexibility index (Phi) is 51.0. The molecule has 352 valence electrons. The predicted molar refractivity (Wildman–Crippen MR) is 235 cm³/mol. The number of carbonyl (C=O) groups is 4. The number of aliphatic carboxylic acids is 2. The van der Waals surface area contributed by atoms with Gasteiger partial charge in [-0.1, -0.05) is 154 Å². The average Bonchev–Trinajstić information content (AvgIpc) is 3.17. The zero-order chi connectivity index (χ0) is 45.3. The Morgan fingerprint density at radius 3 is 0.887 bits per heavy atom. The summed E-state index contributed by atoms with van der Waals surface area (Å²) in [6.45, 7) is 5.18. The minimum Gasteiger partial charge on any atom is -0.549 e. The Bertz CT molecular complexity index is 1290. The van der Waals surface area contributed by atoms with Crippen molar-refractivity contribution in [2.24, 2.45) is 0 Å². The van der Waals surface area contributed by atoms with Crippen LogP contribution in [0.4, 0.5) is 0 Å². The summed E-state index contributed by atoms with van der Waals surface area (Å²) < 4.78 is 61.1. The number of carboxylic acid groups (broad SMARTS) is 2. The number of allylic oxidation sites excluding steroid dienone is 4. The van der Waals surface area contributed by atoms with E-state index in [9.17, 15) is 46.2 Å². The second kappa shape index (κ2) is 46.7. The number of amides is 2. The minimum absolute atomic E-state index is 0. The van der Waals surface area contributed by atoms with Crippen LogP contribution in [0.15, 0.2) is 24.3 Å². The average molecular weight is 939 g/mol. The van der Waals surface area contributed by atoms with E-state index in [2.05, 4.69) is 48.8 Å².